The van der Waals surface area contributed by atoms with Gasteiger partial charge < -0.3 is 10.6 Å². The zero-order chi connectivity index (χ0) is 15.2. The molecule has 0 aliphatic carbocycles. The van der Waals surface area contributed by atoms with Crippen LogP contribution in [0.3, 0.4) is 0 Å². The predicted molar refractivity (Wildman–Crippen MR) is 82.6 cm³/mol. The Morgan fingerprint density at radius 3 is 2.67 bits per heavy atom. The Hall–Kier alpha value is -2.20. The Labute approximate surface area is 124 Å². The van der Waals surface area contributed by atoms with Gasteiger partial charge in [-0.3, -0.25) is 4.79 Å². The number of anilines is 1. The van der Waals surface area contributed by atoms with Crippen molar-refractivity contribution in [2.45, 2.75) is 19.9 Å². The Kier molecular flexibility index (Phi) is 5.06. The maximum atomic E-state index is 13.1. The first-order valence-electron chi connectivity index (χ1n) is 6.90. The Bertz CT molecular complexity index is 628. The number of benzene rings is 2. The molecule has 2 aromatic rings. The molecule has 1 atom stereocenters. The molecule has 3 nitrogen and oxygen atoms in total. The summed E-state index contributed by atoms with van der Waals surface area (Å²) in [5, 5.41) is 5.91. The summed E-state index contributed by atoms with van der Waals surface area (Å²) >= 11 is 0. The first kappa shape index (κ1) is 15.2. The number of aryl methyl sites for hydroxylation is 1. The molecular formula is C17H19FN2O. The van der Waals surface area contributed by atoms with E-state index in [4.69, 9.17) is 0 Å². The summed E-state index contributed by atoms with van der Waals surface area (Å²) in [4.78, 5) is 11.9. The number of hydrogen-bond donors (Lipinski definition) is 2. The fraction of sp³-hybridized carbons (Fsp3) is 0.235. The summed E-state index contributed by atoms with van der Waals surface area (Å²) in [5.74, 6) is -0.394. The van der Waals surface area contributed by atoms with Crippen molar-refractivity contribution in [2.24, 2.45) is 0 Å². The van der Waals surface area contributed by atoms with Gasteiger partial charge in [0.05, 0.1) is 6.54 Å². The molecule has 110 valence electrons. The number of carbonyl (C=O) groups excluding carboxylic acids is 1. The van der Waals surface area contributed by atoms with E-state index in [2.05, 4.69) is 10.6 Å². The van der Waals surface area contributed by atoms with Gasteiger partial charge in [0.1, 0.15) is 5.82 Å². The second-order valence-corrected chi connectivity index (χ2v) is 5.08. The van der Waals surface area contributed by atoms with E-state index in [0.29, 0.717) is 0 Å². The standard InChI is InChI=1S/C17H19FN2O/c1-12-5-3-8-16(9-12)20-17(21)11-19-13(2)14-6-4-7-15(18)10-14/h3-10,13,19H,11H2,1-2H3,(H,20,21)/t13-/m0/s1. The third-order valence-corrected chi connectivity index (χ3v) is 3.22. The molecule has 2 N–H and O–H groups in total. The van der Waals surface area contributed by atoms with Gasteiger partial charge in [0, 0.05) is 11.7 Å². The second kappa shape index (κ2) is 6.99. The van der Waals surface area contributed by atoms with Gasteiger partial charge in [-0.25, -0.2) is 4.39 Å². The summed E-state index contributed by atoms with van der Waals surface area (Å²) < 4.78 is 13.1. The van der Waals surface area contributed by atoms with Gasteiger partial charge in [-0.05, 0) is 49.2 Å². The topological polar surface area (TPSA) is 41.1 Å². The molecular weight excluding hydrogens is 267 g/mol. The molecule has 0 unspecified atom stereocenters. The van der Waals surface area contributed by atoms with Crippen molar-refractivity contribution < 1.29 is 9.18 Å². The maximum Gasteiger partial charge on any atom is 0.238 e. The number of amides is 1. The van der Waals surface area contributed by atoms with Crippen LogP contribution in [-0.4, -0.2) is 12.5 Å². The highest BCUT2D eigenvalue weighted by Gasteiger charge is 2.08. The Balaban J connectivity index is 1.86. The molecule has 0 aromatic heterocycles. The zero-order valence-electron chi connectivity index (χ0n) is 12.2. The average molecular weight is 286 g/mol. The quantitative estimate of drug-likeness (QED) is 0.884. The third-order valence-electron chi connectivity index (χ3n) is 3.22. The lowest BCUT2D eigenvalue weighted by molar-refractivity contribution is -0.115. The lowest BCUT2D eigenvalue weighted by atomic mass is 10.1. The molecule has 4 heteroatoms. The minimum atomic E-state index is -0.273. The molecule has 0 saturated carbocycles. The number of rotatable bonds is 5. The molecule has 0 heterocycles. The van der Waals surface area contributed by atoms with E-state index in [9.17, 15) is 9.18 Å². The lowest BCUT2D eigenvalue weighted by Crippen LogP contribution is -2.30. The second-order valence-electron chi connectivity index (χ2n) is 5.08. The Morgan fingerprint density at radius 2 is 1.95 bits per heavy atom. The van der Waals surface area contributed by atoms with E-state index in [0.717, 1.165) is 16.8 Å². The summed E-state index contributed by atoms with van der Waals surface area (Å²) in [6.45, 7) is 4.04. The van der Waals surface area contributed by atoms with Crippen LogP contribution in [0.15, 0.2) is 48.5 Å². The summed E-state index contributed by atoms with van der Waals surface area (Å²) in [5.41, 5.74) is 2.69. The summed E-state index contributed by atoms with van der Waals surface area (Å²) in [7, 11) is 0. The van der Waals surface area contributed by atoms with Crippen molar-refractivity contribution in [3.63, 3.8) is 0 Å². The average Bonchev–Trinajstić information content (AvgIpc) is 2.45. The van der Waals surface area contributed by atoms with Crippen LogP contribution in [0.5, 0.6) is 0 Å². The van der Waals surface area contributed by atoms with Crippen LogP contribution in [0.4, 0.5) is 10.1 Å². The van der Waals surface area contributed by atoms with Crippen molar-refractivity contribution in [1.82, 2.24) is 5.32 Å². The normalized spacial score (nSPS) is 12.0. The minimum Gasteiger partial charge on any atom is -0.325 e. The highest BCUT2D eigenvalue weighted by Crippen LogP contribution is 2.13. The van der Waals surface area contributed by atoms with Gasteiger partial charge in [0.2, 0.25) is 5.91 Å². The highest BCUT2D eigenvalue weighted by molar-refractivity contribution is 5.92. The molecule has 1 amide bonds. The minimum absolute atomic E-state index is 0.0936. The number of nitrogens with one attached hydrogen (secondary N) is 2. The van der Waals surface area contributed by atoms with E-state index >= 15 is 0 Å². The van der Waals surface area contributed by atoms with Gasteiger partial charge >= 0.3 is 0 Å². The van der Waals surface area contributed by atoms with Gasteiger partial charge in [0.25, 0.3) is 0 Å². The van der Waals surface area contributed by atoms with Crippen molar-refractivity contribution in [3.8, 4) is 0 Å². The number of carbonyl (C=O) groups is 1. The number of halogens is 1. The van der Waals surface area contributed by atoms with Crippen molar-refractivity contribution in [3.05, 3.63) is 65.5 Å². The molecule has 21 heavy (non-hydrogen) atoms. The number of hydrogen-bond acceptors (Lipinski definition) is 2. The zero-order valence-corrected chi connectivity index (χ0v) is 12.2. The molecule has 2 aromatic carbocycles. The molecule has 2 rings (SSSR count). The largest absolute Gasteiger partial charge is 0.325 e. The van der Waals surface area contributed by atoms with Crippen molar-refractivity contribution >= 4 is 11.6 Å². The fourth-order valence-corrected chi connectivity index (χ4v) is 2.07. The van der Waals surface area contributed by atoms with E-state index in [-0.39, 0.29) is 24.3 Å². The maximum absolute atomic E-state index is 13.1. The SMILES string of the molecule is Cc1cccc(NC(=O)CN[C@@H](C)c2cccc(F)c2)c1. The smallest absolute Gasteiger partial charge is 0.238 e. The molecule has 0 saturated heterocycles. The van der Waals surface area contributed by atoms with Crippen LogP contribution in [0.2, 0.25) is 0 Å². The van der Waals surface area contributed by atoms with Gasteiger partial charge in [-0.1, -0.05) is 24.3 Å². The van der Waals surface area contributed by atoms with Crippen LogP contribution < -0.4 is 10.6 Å². The molecule has 0 spiro atoms. The van der Waals surface area contributed by atoms with E-state index in [1.54, 1.807) is 6.07 Å². The van der Waals surface area contributed by atoms with Gasteiger partial charge in [0.15, 0.2) is 0 Å². The molecule has 0 radical (unpaired) electrons. The summed E-state index contributed by atoms with van der Waals surface area (Å²) in [6, 6.07) is 13.9. The fourth-order valence-electron chi connectivity index (χ4n) is 2.07. The first-order chi connectivity index (χ1) is 10.0. The van der Waals surface area contributed by atoms with Crippen LogP contribution in [0.25, 0.3) is 0 Å². The summed E-state index contributed by atoms with van der Waals surface area (Å²) in [6.07, 6.45) is 0. The third kappa shape index (κ3) is 4.68. The van der Waals surface area contributed by atoms with E-state index in [1.165, 1.54) is 12.1 Å². The van der Waals surface area contributed by atoms with Gasteiger partial charge in [-0.2, -0.15) is 0 Å². The van der Waals surface area contributed by atoms with Crippen LogP contribution in [0, 0.1) is 12.7 Å². The predicted octanol–water partition coefficient (Wildman–Crippen LogP) is 3.42. The first-order valence-corrected chi connectivity index (χ1v) is 6.90. The van der Waals surface area contributed by atoms with E-state index < -0.39 is 0 Å². The lowest BCUT2D eigenvalue weighted by Gasteiger charge is -2.14. The van der Waals surface area contributed by atoms with Crippen LogP contribution in [-0.2, 0) is 4.79 Å². The van der Waals surface area contributed by atoms with Crippen LogP contribution in [0.1, 0.15) is 24.1 Å². The van der Waals surface area contributed by atoms with Crippen molar-refractivity contribution in [1.29, 1.82) is 0 Å². The molecule has 0 aliphatic rings. The highest BCUT2D eigenvalue weighted by atomic mass is 19.1. The molecule has 0 fully saturated rings. The monoisotopic (exact) mass is 286 g/mol. The van der Waals surface area contributed by atoms with Crippen molar-refractivity contribution in [2.75, 3.05) is 11.9 Å². The van der Waals surface area contributed by atoms with Crippen LogP contribution >= 0.6 is 0 Å². The van der Waals surface area contributed by atoms with E-state index in [1.807, 2.05) is 44.2 Å². The molecule has 0 bridgehead atoms. The Morgan fingerprint density at radius 1 is 1.19 bits per heavy atom. The van der Waals surface area contributed by atoms with Gasteiger partial charge in [-0.15, -0.1) is 0 Å². The molecule has 0 aliphatic heterocycles.